The highest BCUT2D eigenvalue weighted by Crippen LogP contribution is 2.15. The standard InChI is InChI=1S/C19H21FN4O3/c20-16-3-1-2-15(12-16)13-22-8-10-23(11-9-22)14-19(25)21-17-4-6-18(7-5-17)24(26)27/h1-7,12H,8-11,13-14H2,(H,21,25). The molecule has 1 heterocycles. The molecule has 0 atom stereocenters. The van der Waals surface area contributed by atoms with Gasteiger partial charge in [-0.15, -0.1) is 0 Å². The van der Waals surface area contributed by atoms with Gasteiger partial charge in [-0.2, -0.15) is 0 Å². The molecule has 1 aliphatic heterocycles. The zero-order chi connectivity index (χ0) is 19.2. The monoisotopic (exact) mass is 372 g/mol. The van der Waals surface area contributed by atoms with Crippen LogP contribution in [0, 0.1) is 15.9 Å². The van der Waals surface area contributed by atoms with E-state index < -0.39 is 4.92 Å². The highest BCUT2D eigenvalue weighted by molar-refractivity contribution is 5.92. The molecule has 7 nitrogen and oxygen atoms in total. The van der Waals surface area contributed by atoms with Gasteiger partial charge >= 0.3 is 0 Å². The number of halogens is 1. The molecule has 2 aromatic rings. The molecule has 1 fully saturated rings. The molecule has 142 valence electrons. The van der Waals surface area contributed by atoms with E-state index in [1.807, 2.05) is 6.07 Å². The van der Waals surface area contributed by atoms with E-state index in [0.29, 0.717) is 12.2 Å². The molecule has 8 heteroatoms. The Hall–Kier alpha value is -2.84. The van der Waals surface area contributed by atoms with Gasteiger partial charge in [-0.3, -0.25) is 24.7 Å². The highest BCUT2D eigenvalue weighted by Gasteiger charge is 2.19. The predicted molar refractivity (Wildman–Crippen MR) is 99.8 cm³/mol. The van der Waals surface area contributed by atoms with Crippen molar-refractivity contribution in [2.24, 2.45) is 0 Å². The number of nitro benzene ring substituents is 1. The number of rotatable bonds is 6. The Morgan fingerprint density at radius 1 is 1.07 bits per heavy atom. The Kier molecular flexibility index (Phi) is 6.10. The summed E-state index contributed by atoms with van der Waals surface area (Å²) in [4.78, 5) is 26.6. The number of anilines is 1. The number of nitrogens with zero attached hydrogens (tertiary/aromatic N) is 3. The van der Waals surface area contributed by atoms with E-state index in [4.69, 9.17) is 0 Å². The maximum Gasteiger partial charge on any atom is 0.269 e. The molecule has 0 unspecified atom stereocenters. The lowest BCUT2D eigenvalue weighted by molar-refractivity contribution is -0.384. The Bertz CT molecular complexity index is 805. The van der Waals surface area contributed by atoms with Gasteiger partial charge in [0.05, 0.1) is 11.5 Å². The van der Waals surface area contributed by atoms with Crippen LogP contribution < -0.4 is 5.32 Å². The van der Waals surface area contributed by atoms with Crippen LogP contribution in [0.1, 0.15) is 5.56 Å². The third-order valence-electron chi connectivity index (χ3n) is 4.49. The van der Waals surface area contributed by atoms with E-state index in [0.717, 1.165) is 31.7 Å². The summed E-state index contributed by atoms with van der Waals surface area (Å²) < 4.78 is 13.3. The largest absolute Gasteiger partial charge is 0.325 e. The van der Waals surface area contributed by atoms with Crippen LogP contribution >= 0.6 is 0 Å². The number of carbonyl (C=O) groups excluding carboxylic acids is 1. The van der Waals surface area contributed by atoms with E-state index >= 15 is 0 Å². The first-order valence-corrected chi connectivity index (χ1v) is 8.73. The fraction of sp³-hybridized carbons (Fsp3) is 0.316. The Balaban J connectivity index is 1.43. The minimum absolute atomic E-state index is 0.0116. The Morgan fingerprint density at radius 3 is 2.37 bits per heavy atom. The lowest BCUT2D eigenvalue weighted by Gasteiger charge is -2.34. The quantitative estimate of drug-likeness (QED) is 0.623. The number of carbonyl (C=O) groups is 1. The molecule has 0 spiro atoms. The maximum absolute atomic E-state index is 13.3. The third-order valence-corrected chi connectivity index (χ3v) is 4.49. The number of benzene rings is 2. The second-order valence-electron chi connectivity index (χ2n) is 6.53. The average molecular weight is 372 g/mol. The molecule has 0 bridgehead atoms. The highest BCUT2D eigenvalue weighted by atomic mass is 19.1. The predicted octanol–water partition coefficient (Wildman–Crippen LogP) is 2.49. The summed E-state index contributed by atoms with van der Waals surface area (Å²) in [5.74, 6) is -0.378. The smallest absolute Gasteiger partial charge is 0.269 e. The SMILES string of the molecule is O=C(CN1CCN(Cc2cccc(F)c2)CC1)Nc1ccc([N+](=O)[O-])cc1. The molecule has 2 aromatic carbocycles. The number of hydrogen-bond donors (Lipinski definition) is 1. The van der Waals surface area contributed by atoms with Gasteiger partial charge in [0.15, 0.2) is 0 Å². The minimum atomic E-state index is -0.477. The van der Waals surface area contributed by atoms with E-state index in [9.17, 15) is 19.3 Å². The van der Waals surface area contributed by atoms with E-state index in [1.165, 1.54) is 30.3 Å². The molecule has 0 aliphatic carbocycles. The average Bonchev–Trinajstić information content (AvgIpc) is 2.64. The van der Waals surface area contributed by atoms with E-state index in [2.05, 4.69) is 15.1 Å². The molecule has 0 aromatic heterocycles. The van der Waals surface area contributed by atoms with Gasteiger partial charge < -0.3 is 5.32 Å². The lowest BCUT2D eigenvalue weighted by atomic mass is 10.2. The van der Waals surface area contributed by atoms with Gasteiger partial charge in [0.25, 0.3) is 5.69 Å². The summed E-state index contributed by atoms with van der Waals surface area (Å²) in [5, 5.41) is 13.4. The second kappa shape index (κ2) is 8.70. The number of amides is 1. The fourth-order valence-electron chi connectivity index (χ4n) is 3.07. The molecule has 3 rings (SSSR count). The van der Waals surface area contributed by atoms with Crippen molar-refractivity contribution < 1.29 is 14.1 Å². The first kappa shape index (κ1) is 18.9. The van der Waals surface area contributed by atoms with Gasteiger partial charge in [0, 0.05) is 50.5 Å². The Labute approximate surface area is 156 Å². The van der Waals surface area contributed by atoms with E-state index in [-0.39, 0.29) is 24.0 Å². The number of hydrogen-bond acceptors (Lipinski definition) is 5. The topological polar surface area (TPSA) is 78.7 Å². The van der Waals surface area contributed by atoms with Crippen molar-refractivity contribution in [3.05, 3.63) is 70.0 Å². The van der Waals surface area contributed by atoms with Crippen LogP contribution in [0.25, 0.3) is 0 Å². The molecule has 1 saturated heterocycles. The Morgan fingerprint density at radius 2 is 1.74 bits per heavy atom. The number of piperazine rings is 1. The molecule has 27 heavy (non-hydrogen) atoms. The van der Waals surface area contributed by atoms with Gasteiger partial charge in [-0.1, -0.05) is 12.1 Å². The van der Waals surface area contributed by atoms with Crippen molar-refractivity contribution in [2.45, 2.75) is 6.54 Å². The van der Waals surface area contributed by atoms with Gasteiger partial charge in [-0.05, 0) is 29.8 Å². The van der Waals surface area contributed by atoms with Crippen LogP contribution in [0.2, 0.25) is 0 Å². The van der Waals surface area contributed by atoms with Crippen molar-refractivity contribution in [3.63, 3.8) is 0 Å². The van der Waals surface area contributed by atoms with Crippen LogP contribution in [0.4, 0.5) is 15.8 Å². The number of nitro groups is 1. The molecule has 0 saturated carbocycles. The summed E-state index contributed by atoms with van der Waals surface area (Å²) in [6.45, 7) is 4.08. The number of non-ortho nitro benzene ring substituents is 1. The number of nitrogens with one attached hydrogen (secondary N) is 1. The zero-order valence-electron chi connectivity index (χ0n) is 14.8. The van der Waals surface area contributed by atoms with Crippen molar-refractivity contribution in [1.82, 2.24) is 9.80 Å². The molecule has 1 aliphatic rings. The van der Waals surface area contributed by atoms with Gasteiger partial charge in [0.1, 0.15) is 5.82 Å². The van der Waals surface area contributed by atoms with Crippen molar-refractivity contribution >= 4 is 17.3 Å². The van der Waals surface area contributed by atoms with Crippen LogP contribution in [-0.4, -0.2) is 53.4 Å². The summed E-state index contributed by atoms with van der Waals surface area (Å²) in [6.07, 6.45) is 0. The summed E-state index contributed by atoms with van der Waals surface area (Å²) in [7, 11) is 0. The fourth-order valence-corrected chi connectivity index (χ4v) is 3.07. The minimum Gasteiger partial charge on any atom is -0.325 e. The van der Waals surface area contributed by atoms with Crippen molar-refractivity contribution in [3.8, 4) is 0 Å². The third kappa shape index (κ3) is 5.57. The molecular weight excluding hydrogens is 351 g/mol. The van der Waals surface area contributed by atoms with Crippen LogP contribution in [0.5, 0.6) is 0 Å². The van der Waals surface area contributed by atoms with Crippen LogP contribution in [0.3, 0.4) is 0 Å². The second-order valence-corrected chi connectivity index (χ2v) is 6.53. The maximum atomic E-state index is 13.3. The van der Waals surface area contributed by atoms with Gasteiger partial charge in [-0.25, -0.2) is 4.39 Å². The molecule has 1 N–H and O–H groups in total. The molecule has 1 amide bonds. The first-order chi connectivity index (χ1) is 13.0. The molecule has 0 radical (unpaired) electrons. The zero-order valence-corrected chi connectivity index (χ0v) is 14.8. The van der Waals surface area contributed by atoms with Crippen molar-refractivity contribution in [1.29, 1.82) is 0 Å². The molecular formula is C19H21FN4O3. The van der Waals surface area contributed by atoms with Gasteiger partial charge in [0.2, 0.25) is 5.91 Å². The van der Waals surface area contributed by atoms with E-state index in [1.54, 1.807) is 12.1 Å². The summed E-state index contributed by atoms with van der Waals surface area (Å²) >= 11 is 0. The summed E-state index contributed by atoms with van der Waals surface area (Å²) in [6, 6.07) is 12.4. The van der Waals surface area contributed by atoms with Crippen LogP contribution in [0.15, 0.2) is 48.5 Å². The summed E-state index contributed by atoms with van der Waals surface area (Å²) in [5.41, 5.74) is 1.47. The first-order valence-electron chi connectivity index (χ1n) is 8.73. The van der Waals surface area contributed by atoms with Crippen LogP contribution in [-0.2, 0) is 11.3 Å². The van der Waals surface area contributed by atoms with Crippen molar-refractivity contribution in [2.75, 3.05) is 38.0 Å². The lowest BCUT2D eigenvalue weighted by Crippen LogP contribution is -2.48. The normalized spacial score (nSPS) is 15.4.